The summed E-state index contributed by atoms with van der Waals surface area (Å²) in [6, 6.07) is 3.11. The first-order chi connectivity index (χ1) is 10.00. The predicted octanol–water partition coefficient (Wildman–Crippen LogP) is -0.729. The fourth-order valence-electron chi connectivity index (χ4n) is 2.17. The number of fused-ring (bicyclic) bond motifs is 1. The monoisotopic (exact) mass is 330 g/mol. The van der Waals surface area contributed by atoms with E-state index in [1.54, 1.807) is 0 Å². The van der Waals surface area contributed by atoms with Gasteiger partial charge < -0.3 is 19.4 Å². The number of rotatable bonds is 3. The Morgan fingerprint density at radius 2 is 2.00 bits per heavy atom. The predicted molar refractivity (Wildman–Crippen MR) is 72.6 cm³/mol. The topological polar surface area (TPSA) is 96.0 Å². The molecule has 0 radical (unpaired) electrons. The lowest BCUT2D eigenvalue weighted by Crippen LogP contribution is -2.48. The lowest BCUT2D eigenvalue weighted by molar-refractivity contribution is -0.309. The highest BCUT2D eigenvalue weighted by molar-refractivity contribution is 8.00. The summed E-state index contributed by atoms with van der Waals surface area (Å²) >= 11 is 1.24. The zero-order valence-corrected chi connectivity index (χ0v) is 12.5. The van der Waals surface area contributed by atoms with Crippen molar-refractivity contribution in [3.05, 3.63) is 18.2 Å². The number of aliphatic carboxylic acids is 1. The Labute approximate surface area is 125 Å². The fraction of sp³-hybridized carbons (Fsp3) is 0.417. The molecule has 1 aromatic carbocycles. The largest absolute Gasteiger partial charge is 0.548 e. The van der Waals surface area contributed by atoms with Gasteiger partial charge in [-0.1, -0.05) is 0 Å². The molecular weight excluding hydrogens is 318 g/mol. The lowest BCUT2D eigenvalue weighted by atomic mass is 10.3. The van der Waals surface area contributed by atoms with E-state index >= 15 is 0 Å². The molecule has 0 aromatic heterocycles. The summed E-state index contributed by atoms with van der Waals surface area (Å²) in [5.74, 6) is -0.283. The summed E-state index contributed by atoms with van der Waals surface area (Å²) in [6.45, 7) is 0.756. The van der Waals surface area contributed by atoms with Crippen molar-refractivity contribution in [2.24, 2.45) is 0 Å². The Hall–Kier alpha value is -1.45. The van der Waals surface area contributed by atoms with E-state index in [1.807, 2.05) is 0 Å². The number of hydrogen-bond donors (Lipinski definition) is 0. The third kappa shape index (κ3) is 2.56. The molecule has 1 fully saturated rings. The number of carbonyl (C=O) groups excluding carboxylic acids is 1. The van der Waals surface area contributed by atoms with Crippen LogP contribution in [-0.4, -0.2) is 49.6 Å². The summed E-state index contributed by atoms with van der Waals surface area (Å²) in [4.78, 5) is 11.0. The van der Waals surface area contributed by atoms with Crippen LogP contribution in [0.2, 0.25) is 0 Å². The van der Waals surface area contributed by atoms with E-state index < -0.39 is 22.0 Å². The van der Waals surface area contributed by atoms with Crippen molar-refractivity contribution < 1.29 is 27.8 Å². The molecular formula is C12H12NO6S2-. The van der Waals surface area contributed by atoms with Gasteiger partial charge in [0, 0.05) is 11.8 Å². The van der Waals surface area contributed by atoms with Crippen LogP contribution in [0.4, 0.5) is 0 Å². The highest BCUT2D eigenvalue weighted by Gasteiger charge is 2.37. The van der Waals surface area contributed by atoms with Crippen molar-refractivity contribution in [1.29, 1.82) is 0 Å². The molecule has 0 spiro atoms. The summed E-state index contributed by atoms with van der Waals surface area (Å²) in [5.41, 5.74) is 0. The standard InChI is InChI=1S/C12H13NO6S2/c14-12(15)9-6-20-7-13(9)21(16,17)8-1-2-10-11(5-8)19-4-3-18-10/h1-2,5,9H,3-4,6-7H2,(H,14,15)/p-1/t9-/m0/s1. The number of nitrogens with zero attached hydrogens (tertiary/aromatic N) is 1. The molecule has 9 heteroatoms. The van der Waals surface area contributed by atoms with Crippen LogP contribution in [0.25, 0.3) is 0 Å². The molecule has 7 nitrogen and oxygen atoms in total. The lowest BCUT2D eigenvalue weighted by Gasteiger charge is -2.25. The van der Waals surface area contributed by atoms with E-state index in [0.29, 0.717) is 24.7 Å². The van der Waals surface area contributed by atoms with Crippen molar-refractivity contribution >= 4 is 27.8 Å². The van der Waals surface area contributed by atoms with Crippen LogP contribution >= 0.6 is 11.8 Å². The summed E-state index contributed by atoms with van der Waals surface area (Å²) < 4.78 is 36.8. The molecule has 0 aliphatic carbocycles. The van der Waals surface area contributed by atoms with E-state index in [0.717, 1.165) is 4.31 Å². The molecule has 0 saturated carbocycles. The molecule has 2 heterocycles. The molecule has 21 heavy (non-hydrogen) atoms. The van der Waals surface area contributed by atoms with Crippen LogP contribution in [0, 0.1) is 0 Å². The summed E-state index contributed by atoms with van der Waals surface area (Å²) in [7, 11) is -3.91. The van der Waals surface area contributed by atoms with E-state index in [-0.39, 0.29) is 16.5 Å². The van der Waals surface area contributed by atoms with Gasteiger partial charge in [-0.15, -0.1) is 11.8 Å². The first-order valence-electron chi connectivity index (χ1n) is 6.20. The Morgan fingerprint density at radius 3 is 2.71 bits per heavy atom. The normalized spacial score (nSPS) is 22.2. The van der Waals surface area contributed by atoms with Gasteiger partial charge in [-0.3, -0.25) is 0 Å². The maximum Gasteiger partial charge on any atom is 0.244 e. The first-order valence-corrected chi connectivity index (χ1v) is 8.80. The summed E-state index contributed by atoms with van der Waals surface area (Å²) in [5, 5.41) is 11.0. The number of carboxylic acids is 1. The molecule has 3 rings (SSSR count). The minimum atomic E-state index is -3.91. The number of ether oxygens (including phenoxy) is 2. The van der Waals surface area contributed by atoms with Crippen molar-refractivity contribution in [1.82, 2.24) is 4.31 Å². The molecule has 1 atom stereocenters. The molecule has 0 amide bonds. The molecule has 1 aromatic rings. The Bertz CT molecular complexity index is 674. The second-order valence-corrected chi connectivity index (χ2v) is 7.42. The SMILES string of the molecule is O=C([O-])[C@@H]1CSCN1S(=O)(=O)c1ccc2c(c1)OCCO2. The minimum Gasteiger partial charge on any atom is -0.548 e. The molecule has 1 saturated heterocycles. The minimum absolute atomic E-state index is 0.0134. The van der Waals surface area contributed by atoms with E-state index in [9.17, 15) is 18.3 Å². The molecule has 0 unspecified atom stereocenters. The number of carboxylic acid groups (broad SMARTS) is 1. The smallest absolute Gasteiger partial charge is 0.244 e. The van der Waals surface area contributed by atoms with Crippen LogP contribution in [0.5, 0.6) is 11.5 Å². The van der Waals surface area contributed by atoms with Gasteiger partial charge in [-0.25, -0.2) is 8.42 Å². The molecule has 2 aliphatic rings. The van der Waals surface area contributed by atoms with Crippen LogP contribution in [0.15, 0.2) is 23.1 Å². The Kier molecular flexibility index (Phi) is 3.72. The average Bonchev–Trinajstić information content (AvgIpc) is 2.97. The Balaban J connectivity index is 1.96. The highest BCUT2D eigenvalue weighted by atomic mass is 32.2. The fourth-order valence-corrected chi connectivity index (χ4v) is 5.31. The van der Waals surface area contributed by atoms with Crippen molar-refractivity contribution in [2.45, 2.75) is 10.9 Å². The second-order valence-electron chi connectivity index (χ2n) is 4.53. The van der Waals surface area contributed by atoms with E-state index in [2.05, 4.69) is 0 Å². The van der Waals surface area contributed by atoms with Gasteiger partial charge in [-0.2, -0.15) is 4.31 Å². The number of carbonyl (C=O) groups is 1. The average molecular weight is 330 g/mol. The number of benzene rings is 1. The number of hydrogen-bond acceptors (Lipinski definition) is 7. The zero-order valence-electron chi connectivity index (χ0n) is 10.9. The first kappa shape index (κ1) is 14.5. The van der Waals surface area contributed by atoms with Gasteiger partial charge in [0.25, 0.3) is 0 Å². The maximum absolute atomic E-state index is 12.6. The molecule has 2 aliphatic heterocycles. The maximum atomic E-state index is 12.6. The molecule has 0 bridgehead atoms. The van der Waals surface area contributed by atoms with Gasteiger partial charge in [-0.05, 0) is 12.1 Å². The van der Waals surface area contributed by atoms with Crippen LogP contribution in [-0.2, 0) is 14.8 Å². The van der Waals surface area contributed by atoms with Gasteiger partial charge in [0.15, 0.2) is 11.5 Å². The van der Waals surface area contributed by atoms with Crippen molar-refractivity contribution in [3.8, 4) is 11.5 Å². The van der Waals surface area contributed by atoms with Gasteiger partial charge in [0.1, 0.15) is 13.2 Å². The van der Waals surface area contributed by atoms with Crippen molar-refractivity contribution in [2.75, 3.05) is 24.8 Å². The number of sulfonamides is 1. The van der Waals surface area contributed by atoms with Crippen molar-refractivity contribution in [3.63, 3.8) is 0 Å². The number of thioether (sulfide) groups is 1. The molecule has 114 valence electrons. The third-order valence-corrected chi connectivity index (χ3v) is 6.26. The van der Waals surface area contributed by atoms with Crippen LogP contribution in [0.3, 0.4) is 0 Å². The van der Waals surface area contributed by atoms with Gasteiger partial charge >= 0.3 is 0 Å². The molecule has 0 N–H and O–H groups in total. The Morgan fingerprint density at radius 1 is 1.29 bits per heavy atom. The van der Waals surface area contributed by atoms with Gasteiger partial charge in [0.05, 0.1) is 22.8 Å². The van der Waals surface area contributed by atoms with Crippen LogP contribution < -0.4 is 14.6 Å². The van der Waals surface area contributed by atoms with E-state index in [1.165, 1.54) is 30.0 Å². The van der Waals surface area contributed by atoms with E-state index in [4.69, 9.17) is 9.47 Å². The highest BCUT2D eigenvalue weighted by Crippen LogP contribution is 2.35. The van der Waals surface area contributed by atoms with Gasteiger partial charge in [0.2, 0.25) is 10.0 Å². The quantitative estimate of drug-likeness (QED) is 0.721. The third-order valence-electron chi connectivity index (χ3n) is 3.23. The van der Waals surface area contributed by atoms with Crippen LogP contribution in [0.1, 0.15) is 0 Å². The second kappa shape index (κ2) is 5.39. The summed E-state index contributed by atoms with van der Waals surface area (Å²) in [6.07, 6.45) is 0. The zero-order chi connectivity index (χ0) is 15.0.